The van der Waals surface area contributed by atoms with Crippen molar-refractivity contribution < 1.29 is 19.4 Å². The van der Waals surface area contributed by atoms with E-state index >= 15 is 0 Å². The van der Waals surface area contributed by atoms with E-state index in [1.165, 1.54) is 11.8 Å². The molecule has 5 heteroatoms. The van der Waals surface area contributed by atoms with Gasteiger partial charge in [0.25, 0.3) is 0 Å². The van der Waals surface area contributed by atoms with Crippen LogP contribution in [0.25, 0.3) is 5.57 Å². The van der Waals surface area contributed by atoms with Crippen molar-refractivity contribution in [3.63, 3.8) is 0 Å². The minimum absolute atomic E-state index is 0.121. The second kappa shape index (κ2) is 11.7. The van der Waals surface area contributed by atoms with E-state index in [9.17, 15) is 9.59 Å². The van der Waals surface area contributed by atoms with Gasteiger partial charge in [0, 0.05) is 15.4 Å². The smallest absolute Gasteiger partial charge is 0.171 e. The molecular weight excluding hydrogens is 444 g/mol. The zero-order valence-corrected chi connectivity index (χ0v) is 19.5. The van der Waals surface area contributed by atoms with Gasteiger partial charge in [0.05, 0.1) is 32.2 Å². The van der Waals surface area contributed by atoms with Gasteiger partial charge >= 0.3 is 0 Å². The monoisotopic (exact) mass is 470 g/mol. The normalized spacial score (nSPS) is 16.0. The van der Waals surface area contributed by atoms with Gasteiger partial charge in [-0.3, -0.25) is 9.59 Å². The number of carbonyl (C=O) groups excluding carboxylic acids is 2. The van der Waals surface area contributed by atoms with Crippen molar-refractivity contribution in [2.24, 2.45) is 5.92 Å². The van der Waals surface area contributed by atoms with E-state index in [0.29, 0.717) is 10.5 Å². The third kappa shape index (κ3) is 5.81. The number of ether oxygens (including phenoxy) is 1. The SMILES string of the molecule is O=C1CC(=O)C(COCCO)C(Sc2ccccc2)=C1C=C(c1ccccc1)c1ccccc1. The molecule has 1 aliphatic carbocycles. The highest BCUT2D eigenvalue weighted by Gasteiger charge is 2.35. The van der Waals surface area contributed by atoms with Crippen LogP contribution in [0, 0.1) is 5.92 Å². The van der Waals surface area contributed by atoms with E-state index in [4.69, 9.17) is 9.84 Å². The number of allylic oxidation sites excluding steroid dienone is 2. The molecule has 34 heavy (non-hydrogen) atoms. The zero-order valence-electron chi connectivity index (χ0n) is 18.7. The Morgan fingerprint density at radius 2 is 1.44 bits per heavy atom. The van der Waals surface area contributed by atoms with E-state index in [2.05, 4.69) is 0 Å². The molecule has 3 aromatic rings. The predicted molar refractivity (Wildman–Crippen MR) is 135 cm³/mol. The number of ketones is 2. The van der Waals surface area contributed by atoms with Crippen LogP contribution in [0.5, 0.6) is 0 Å². The highest BCUT2D eigenvalue weighted by atomic mass is 32.2. The van der Waals surface area contributed by atoms with Crippen LogP contribution < -0.4 is 0 Å². The van der Waals surface area contributed by atoms with Crippen LogP contribution in [0.1, 0.15) is 17.5 Å². The minimum atomic E-state index is -0.562. The molecule has 0 radical (unpaired) electrons. The quantitative estimate of drug-likeness (QED) is 0.338. The van der Waals surface area contributed by atoms with Crippen LogP contribution >= 0.6 is 11.8 Å². The van der Waals surface area contributed by atoms with Crippen molar-refractivity contribution in [1.29, 1.82) is 0 Å². The van der Waals surface area contributed by atoms with Crippen LogP contribution in [-0.2, 0) is 14.3 Å². The maximum Gasteiger partial charge on any atom is 0.171 e. The topological polar surface area (TPSA) is 63.6 Å². The molecule has 1 aliphatic rings. The fraction of sp³-hybridized carbons (Fsp3) is 0.172. The van der Waals surface area contributed by atoms with Crippen molar-refractivity contribution in [2.75, 3.05) is 19.8 Å². The first-order valence-electron chi connectivity index (χ1n) is 11.2. The molecule has 4 rings (SSSR count). The Hall–Kier alpha value is -3.25. The molecule has 0 bridgehead atoms. The Bertz CT molecular complexity index is 1140. The lowest BCUT2D eigenvalue weighted by atomic mass is 9.85. The van der Waals surface area contributed by atoms with Gasteiger partial charge in [-0.25, -0.2) is 0 Å². The second-order valence-electron chi connectivity index (χ2n) is 7.90. The fourth-order valence-electron chi connectivity index (χ4n) is 3.89. The molecule has 1 atom stereocenters. The number of hydrogen-bond acceptors (Lipinski definition) is 5. The summed E-state index contributed by atoms with van der Waals surface area (Å²) in [6, 6.07) is 29.6. The van der Waals surface area contributed by atoms with Gasteiger partial charge in [-0.05, 0) is 34.9 Å². The van der Waals surface area contributed by atoms with Crippen molar-refractivity contribution in [1.82, 2.24) is 0 Å². The minimum Gasteiger partial charge on any atom is -0.394 e. The van der Waals surface area contributed by atoms with E-state index in [1.54, 1.807) is 0 Å². The molecule has 0 spiro atoms. The number of benzene rings is 3. The Morgan fingerprint density at radius 3 is 2.00 bits per heavy atom. The van der Waals surface area contributed by atoms with Crippen LogP contribution in [-0.4, -0.2) is 36.5 Å². The Labute approximate surface area is 204 Å². The van der Waals surface area contributed by atoms with E-state index in [-0.39, 0.29) is 37.8 Å². The molecule has 0 saturated carbocycles. The summed E-state index contributed by atoms with van der Waals surface area (Å²) in [4.78, 5) is 27.8. The van der Waals surface area contributed by atoms with Crippen LogP contribution in [0.15, 0.2) is 112 Å². The summed E-state index contributed by atoms with van der Waals surface area (Å²) in [5.41, 5.74) is 3.43. The summed E-state index contributed by atoms with van der Waals surface area (Å²) in [5.74, 6) is -0.904. The molecule has 0 saturated heterocycles. The number of thioether (sulfide) groups is 1. The van der Waals surface area contributed by atoms with Gasteiger partial charge in [-0.1, -0.05) is 90.6 Å². The first-order valence-corrected chi connectivity index (χ1v) is 12.0. The van der Waals surface area contributed by atoms with E-state index in [0.717, 1.165) is 21.6 Å². The van der Waals surface area contributed by atoms with Gasteiger partial charge in [0.2, 0.25) is 0 Å². The molecule has 0 fully saturated rings. The second-order valence-corrected chi connectivity index (χ2v) is 9.02. The summed E-state index contributed by atoms with van der Waals surface area (Å²) in [5, 5.41) is 9.14. The van der Waals surface area contributed by atoms with Gasteiger partial charge < -0.3 is 9.84 Å². The molecule has 1 unspecified atom stereocenters. The van der Waals surface area contributed by atoms with Gasteiger partial charge in [0.1, 0.15) is 0 Å². The van der Waals surface area contributed by atoms with Crippen LogP contribution in [0.4, 0.5) is 0 Å². The third-order valence-corrected chi connectivity index (χ3v) is 6.79. The lowest BCUT2D eigenvalue weighted by Crippen LogP contribution is -2.31. The summed E-state index contributed by atoms with van der Waals surface area (Å²) in [6.07, 6.45) is 1.76. The van der Waals surface area contributed by atoms with Crippen molar-refractivity contribution in [3.05, 3.63) is 119 Å². The number of aliphatic hydroxyl groups is 1. The van der Waals surface area contributed by atoms with E-state index in [1.807, 2.05) is 97.1 Å². The summed E-state index contributed by atoms with van der Waals surface area (Å²) >= 11 is 1.43. The summed E-state index contributed by atoms with van der Waals surface area (Å²) < 4.78 is 5.57. The first kappa shape index (κ1) is 23.9. The average Bonchev–Trinajstić information content (AvgIpc) is 2.87. The van der Waals surface area contributed by atoms with Crippen LogP contribution in [0.3, 0.4) is 0 Å². The largest absolute Gasteiger partial charge is 0.394 e. The molecule has 3 aromatic carbocycles. The number of rotatable bonds is 9. The standard InChI is InChI=1S/C29H26O4S/c30-16-17-33-20-26-28(32)19-27(31)25(29(26)34-23-14-8-3-9-15-23)18-24(21-10-4-1-5-11-21)22-12-6-2-7-13-22/h1-15,18,26,30H,16-17,19-20H2. The number of hydrogen-bond donors (Lipinski definition) is 1. The number of carbonyl (C=O) groups is 2. The zero-order chi connectivity index (χ0) is 23.8. The molecule has 1 N–H and O–H groups in total. The molecule has 0 aliphatic heterocycles. The number of aliphatic hydroxyl groups excluding tert-OH is 1. The van der Waals surface area contributed by atoms with Gasteiger partial charge in [-0.15, -0.1) is 0 Å². The van der Waals surface area contributed by atoms with Gasteiger partial charge in [0.15, 0.2) is 11.6 Å². The van der Waals surface area contributed by atoms with E-state index < -0.39 is 5.92 Å². The Balaban J connectivity index is 1.88. The lowest BCUT2D eigenvalue weighted by Gasteiger charge is -2.26. The summed E-state index contributed by atoms with van der Waals surface area (Å²) in [6.45, 7) is 0.153. The number of Topliss-reactive ketones (excluding diaryl/α,β-unsaturated/α-hetero) is 2. The van der Waals surface area contributed by atoms with Crippen LogP contribution in [0.2, 0.25) is 0 Å². The molecular formula is C29H26O4S. The van der Waals surface area contributed by atoms with Crippen molar-refractivity contribution in [2.45, 2.75) is 11.3 Å². The maximum atomic E-state index is 13.3. The Kier molecular flexibility index (Phi) is 8.26. The maximum absolute atomic E-state index is 13.3. The fourth-order valence-corrected chi connectivity index (χ4v) is 5.06. The predicted octanol–water partition coefficient (Wildman–Crippen LogP) is 5.33. The molecule has 0 amide bonds. The summed E-state index contributed by atoms with van der Waals surface area (Å²) in [7, 11) is 0. The molecule has 4 nitrogen and oxygen atoms in total. The first-order chi connectivity index (χ1) is 16.7. The molecule has 0 heterocycles. The molecule has 0 aromatic heterocycles. The highest BCUT2D eigenvalue weighted by molar-refractivity contribution is 8.03. The third-order valence-electron chi connectivity index (χ3n) is 5.56. The van der Waals surface area contributed by atoms with Crippen molar-refractivity contribution >= 4 is 28.9 Å². The van der Waals surface area contributed by atoms with Gasteiger partial charge in [-0.2, -0.15) is 0 Å². The van der Waals surface area contributed by atoms with Crippen molar-refractivity contribution in [3.8, 4) is 0 Å². The average molecular weight is 471 g/mol. The lowest BCUT2D eigenvalue weighted by molar-refractivity contribution is -0.129. The highest BCUT2D eigenvalue weighted by Crippen LogP contribution is 2.40. The molecule has 172 valence electrons. The Morgan fingerprint density at radius 1 is 0.882 bits per heavy atom.